The number of para-hydroxylation sites is 3. The van der Waals surface area contributed by atoms with Gasteiger partial charge in [0.15, 0.2) is 6.29 Å². The van der Waals surface area contributed by atoms with E-state index < -0.39 is 0 Å². The smallest absolute Gasteiger partial charge is 0.158 e. The van der Waals surface area contributed by atoms with Gasteiger partial charge in [0.2, 0.25) is 0 Å². The highest BCUT2D eigenvalue weighted by Crippen LogP contribution is 2.39. The number of rotatable bonds is 5. The maximum atomic E-state index is 3.95. The van der Waals surface area contributed by atoms with Crippen molar-refractivity contribution in [2.45, 2.75) is 12.5 Å². The SMILES string of the molecule is C1=CN2NC(n3c4ccccc4c4cc(-c5ccc6c(c5)c5ccccc5n6-c5ccccc5)ccc43)NC2C(c2ccc(-c3cccc4ccccc34)cc2)=C1. The average Bonchev–Trinajstić information content (AvgIpc) is 3.96. The van der Waals surface area contributed by atoms with E-state index in [9.17, 15) is 0 Å². The van der Waals surface area contributed by atoms with Gasteiger partial charge >= 0.3 is 0 Å². The Bertz CT molecular complexity index is 3250. The molecule has 0 radical (unpaired) electrons. The molecule has 0 aliphatic carbocycles. The first-order valence-corrected chi connectivity index (χ1v) is 19.7. The van der Waals surface area contributed by atoms with Gasteiger partial charge in [-0.2, -0.15) is 5.43 Å². The highest BCUT2D eigenvalue weighted by molar-refractivity contribution is 6.12. The lowest BCUT2D eigenvalue weighted by molar-refractivity contribution is 0.277. The molecule has 5 heteroatoms. The van der Waals surface area contributed by atoms with Crippen LogP contribution in [0.15, 0.2) is 200 Å². The second-order valence-electron chi connectivity index (χ2n) is 15.1. The predicted molar refractivity (Wildman–Crippen MR) is 237 cm³/mol. The van der Waals surface area contributed by atoms with Crippen LogP contribution in [0.2, 0.25) is 0 Å². The standard InChI is InChI=1S/C52H37N5/c1-2-14-39(15-3-1)56-47-21-8-6-17-43(47)45-32-37(27-29-49(45)56)38-28-30-50-46(33-38)44-18-7-9-22-48(44)57(50)52-53-51-42(20-11-31-55(51)54-52)36-25-23-35(24-26-36)41-19-10-13-34-12-4-5-16-40(34)41/h1-33,51-54H. The maximum Gasteiger partial charge on any atom is 0.158 e. The summed E-state index contributed by atoms with van der Waals surface area (Å²) in [6.07, 6.45) is 6.29. The average molecular weight is 732 g/mol. The Labute approximate surface area is 330 Å². The molecule has 270 valence electrons. The molecule has 12 rings (SSSR count). The van der Waals surface area contributed by atoms with E-state index in [2.05, 4.69) is 225 Å². The summed E-state index contributed by atoms with van der Waals surface area (Å²) in [5.41, 5.74) is 17.1. The van der Waals surface area contributed by atoms with Gasteiger partial charge in [0, 0.05) is 33.4 Å². The molecule has 57 heavy (non-hydrogen) atoms. The summed E-state index contributed by atoms with van der Waals surface area (Å²) in [7, 11) is 0. The Hall–Kier alpha value is -7.18. The van der Waals surface area contributed by atoms with Crippen LogP contribution in [0.5, 0.6) is 0 Å². The molecule has 2 atom stereocenters. The van der Waals surface area contributed by atoms with E-state index in [0.29, 0.717) is 0 Å². The molecular weight excluding hydrogens is 695 g/mol. The fraction of sp³-hybridized carbons (Fsp3) is 0.0385. The van der Waals surface area contributed by atoms with Crippen molar-refractivity contribution in [2.75, 3.05) is 0 Å². The van der Waals surface area contributed by atoms with Gasteiger partial charge in [-0.1, -0.05) is 140 Å². The van der Waals surface area contributed by atoms with Gasteiger partial charge in [0.25, 0.3) is 0 Å². The van der Waals surface area contributed by atoms with E-state index in [-0.39, 0.29) is 12.5 Å². The Morgan fingerprint density at radius 3 is 1.82 bits per heavy atom. The van der Waals surface area contributed by atoms with Crippen molar-refractivity contribution in [2.24, 2.45) is 0 Å². The topological polar surface area (TPSA) is 37.2 Å². The molecule has 2 unspecified atom stereocenters. The van der Waals surface area contributed by atoms with E-state index in [4.69, 9.17) is 0 Å². The summed E-state index contributed by atoms with van der Waals surface area (Å²) in [4.78, 5) is 0. The van der Waals surface area contributed by atoms with Gasteiger partial charge in [-0.25, -0.2) is 0 Å². The van der Waals surface area contributed by atoms with Crippen molar-refractivity contribution >= 4 is 60.0 Å². The molecule has 8 aromatic carbocycles. The van der Waals surface area contributed by atoms with E-state index in [1.165, 1.54) is 93.5 Å². The van der Waals surface area contributed by atoms with Crippen LogP contribution in [0.1, 0.15) is 11.9 Å². The summed E-state index contributed by atoms with van der Waals surface area (Å²) in [5.74, 6) is 0. The number of benzene rings is 8. The van der Waals surface area contributed by atoms with Crippen LogP contribution in [0.3, 0.4) is 0 Å². The molecule has 0 spiro atoms. The number of fused-ring (bicyclic) bond motifs is 8. The number of nitrogens with zero attached hydrogens (tertiary/aromatic N) is 3. The van der Waals surface area contributed by atoms with E-state index in [1.54, 1.807) is 0 Å². The van der Waals surface area contributed by atoms with Gasteiger partial charge in [0.05, 0.1) is 22.1 Å². The highest BCUT2D eigenvalue weighted by atomic mass is 15.7. The third-order valence-corrected chi connectivity index (χ3v) is 12.0. The van der Waals surface area contributed by atoms with E-state index in [1.807, 2.05) is 0 Å². The lowest BCUT2D eigenvalue weighted by Gasteiger charge is -2.26. The van der Waals surface area contributed by atoms with Gasteiger partial charge in [0.1, 0.15) is 6.17 Å². The minimum atomic E-state index is -0.162. The molecule has 10 aromatic rings. The van der Waals surface area contributed by atoms with Crippen LogP contribution in [0.25, 0.3) is 87.9 Å². The molecule has 0 bridgehead atoms. The highest BCUT2D eigenvalue weighted by Gasteiger charge is 2.35. The number of aromatic nitrogens is 2. The molecular formula is C52H37N5. The first-order valence-electron chi connectivity index (χ1n) is 19.7. The lowest BCUT2D eigenvalue weighted by Crippen LogP contribution is -2.37. The number of allylic oxidation sites excluding steroid dienone is 2. The first kappa shape index (κ1) is 32.1. The molecule has 1 fully saturated rings. The monoisotopic (exact) mass is 731 g/mol. The Morgan fingerprint density at radius 2 is 1.02 bits per heavy atom. The normalized spacial score (nSPS) is 16.6. The van der Waals surface area contributed by atoms with Crippen LogP contribution in [-0.2, 0) is 0 Å². The van der Waals surface area contributed by atoms with Crippen LogP contribution >= 0.6 is 0 Å². The van der Waals surface area contributed by atoms with Crippen LogP contribution in [0, 0.1) is 0 Å². The fourth-order valence-electron chi connectivity index (χ4n) is 9.36. The lowest BCUT2D eigenvalue weighted by atomic mass is 9.95. The Kier molecular flexibility index (Phi) is 7.14. The summed E-state index contributed by atoms with van der Waals surface area (Å²) < 4.78 is 4.79. The second kappa shape index (κ2) is 12.7. The zero-order valence-electron chi connectivity index (χ0n) is 31.0. The second-order valence-corrected chi connectivity index (χ2v) is 15.1. The van der Waals surface area contributed by atoms with Gasteiger partial charge in [-0.05, 0) is 98.8 Å². The number of nitrogens with one attached hydrogen (secondary N) is 2. The van der Waals surface area contributed by atoms with Crippen LogP contribution in [0.4, 0.5) is 0 Å². The largest absolute Gasteiger partial charge is 0.310 e. The summed E-state index contributed by atoms with van der Waals surface area (Å²) in [6, 6.07) is 66.2. The fourth-order valence-corrected chi connectivity index (χ4v) is 9.36. The summed E-state index contributed by atoms with van der Waals surface area (Å²) in [5, 5.41) is 13.7. The minimum absolute atomic E-state index is 0.0383. The Balaban J connectivity index is 0.897. The minimum Gasteiger partial charge on any atom is -0.310 e. The number of hydrogen-bond donors (Lipinski definition) is 2. The van der Waals surface area contributed by atoms with Crippen LogP contribution < -0.4 is 10.7 Å². The van der Waals surface area contributed by atoms with Crippen molar-refractivity contribution in [1.82, 2.24) is 24.9 Å². The zero-order valence-corrected chi connectivity index (χ0v) is 31.0. The molecule has 4 heterocycles. The summed E-state index contributed by atoms with van der Waals surface area (Å²) >= 11 is 0. The van der Waals surface area contributed by atoms with Gasteiger partial charge < -0.3 is 9.13 Å². The van der Waals surface area contributed by atoms with E-state index in [0.717, 1.165) is 0 Å². The maximum absolute atomic E-state index is 3.95. The van der Waals surface area contributed by atoms with E-state index >= 15 is 0 Å². The molecule has 1 saturated heterocycles. The Morgan fingerprint density at radius 1 is 0.439 bits per heavy atom. The van der Waals surface area contributed by atoms with Crippen molar-refractivity contribution < 1.29 is 0 Å². The summed E-state index contributed by atoms with van der Waals surface area (Å²) in [6.45, 7) is 0. The van der Waals surface area contributed by atoms with Crippen molar-refractivity contribution in [3.8, 4) is 27.9 Å². The first-order chi connectivity index (χ1) is 28.3. The van der Waals surface area contributed by atoms with Crippen molar-refractivity contribution in [3.63, 3.8) is 0 Å². The third kappa shape index (κ3) is 5.03. The molecule has 2 aliphatic rings. The molecule has 2 N–H and O–H groups in total. The molecule has 2 aliphatic heterocycles. The third-order valence-electron chi connectivity index (χ3n) is 12.0. The van der Waals surface area contributed by atoms with Gasteiger partial charge in [-0.15, -0.1) is 0 Å². The molecule has 5 nitrogen and oxygen atoms in total. The predicted octanol–water partition coefficient (Wildman–Crippen LogP) is 12.2. The molecule has 2 aromatic heterocycles. The van der Waals surface area contributed by atoms with Crippen LogP contribution in [-0.4, -0.2) is 20.3 Å². The molecule has 0 saturated carbocycles. The zero-order chi connectivity index (χ0) is 37.5. The molecule has 0 amide bonds. The quantitative estimate of drug-likeness (QED) is 0.185. The van der Waals surface area contributed by atoms with Crippen molar-refractivity contribution in [1.29, 1.82) is 0 Å². The van der Waals surface area contributed by atoms with Gasteiger partial charge in [-0.3, -0.25) is 10.3 Å². The number of hydrogen-bond acceptors (Lipinski definition) is 3. The van der Waals surface area contributed by atoms with Crippen molar-refractivity contribution in [3.05, 3.63) is 206 Å². The number of hydrazine groups is 1.